The van der Waals surface area contributed by atoms with E-state index in [2.05, 4.69) is 10.1 Å². The zero-order valence-corrected chi connectivity index (χ0v) is 6.39. The highest BCUT2D eigenvalue weighted by Crippen LogP contribution is 1.86. The van der Waals surface area contributed by atoms with Crippen molar-refractivity contribution in [2.75, 3.05) is 13.1 Å². The van der Waals surface area contributed by atoms with E-state index in [1.807, 2.05) is 6.92 Å². The van der Waals surface area contributed by atoms with Crippen LogP contribution in [0.5, 0.6) is 0 Å². The fraction of sp³-hybridized carbons (Fsp3) is 0.833. The Morgan fingerprint density at radius 3 is 2.80 bits per heavy atom. The first-order valence-electron chi connectivity index (χ1n) is 3.33. The van der Waals surface area contributed by atoms with Crippen LogP contribution in [0.4, 0.5) is 4.79 Å². The van der Waals surface area contributed by atoms with Gasteiger partial charge in [0, 0.05) is 6.54 Å². The van der Waals surface area contributed by atoms with E-state index in [4.69, 9.17) is 5.73 Å². The average molecular weight is 146 g/mol. The Kier molecular flexibility index (Phi) is 4.66. The van der Waals surface area contributed by atoms with Gasteiger partial charge in [-0.3, -0.25) is 0 Å². The lowest BCUT2D eigenvalue weighted by molar-refractivity contribution is 0.115. The van der Waals surface area contributed by atoms with Crippen molar-refractivity contribution in [2.24, 2.45) is 5.73 Å². The van der Waals surface area contributed by atoms with Crippen molar-refractivity contribution < 1.29 is 9.53 Å². The van der Waals surface area contributed by atoms with E-state index < -0.39 is 6.09 Å². The molecule has 0 aromatic rings. The van der Waals surface area contributed by atoms with Crippen LogP contribution in [-0.2, 0) is 4.74 Å². The Morgan fingerprint density at radius 1 is 1.80 bits per heavy atom. The van der Waals surface area contributed by atoms with Crippen LogP contribution >= 0.6 is 0 Å². The number of nitrogens with one attached hydrogen (secondary N) is 1. The summed E-state index contributed by atoms with van der Waals surface area (Å²) in [5.41, 5.74) is 4.78. The molecule has 0 aliphatic carbocycles. The molecule has 10 heavy (non-hydrogen) atoms. The Morgan fingerprint density at radius 2 is 2.40 bits per heavy atom. The van der Waals surface area contributed by atoms with Gasteiger partial charge >= 0.3 is 6.09 Å². The van der Waals surface area contributed by atoms with E-state index >= 15 is 0 Å². The van der Waals surface area contributed by atoms with E-state index in [9.17, 15) is 4.79 Å². The molecule has 60 valence electrons. The van der Waals surface area contributed by atoms with Crippen molar-refractivity contribution in [1.82, 2.24) is 5.32 Å². The maximum absolute atomic E-state index is 10.1. The lowest BCUT2D eigenvalue weighted by atomic mass is 10.4. The summed E-state index contributed by atoms with van der Waals surface area (Å²) in [4.78, 5) is 10.1. The van der Waals surface area contributed by atoms with Gasteiger partial charge in [0.15, 0.2) is 0 Å². The summed E-state index contributed by atoms with van der Waals surface area (Å²) >= 11 is 0. The van der Waals surface area contributed by atoms with Gasteiger partial charge in [-0.15, -0.1) is 0 Å². The standard InChI is InChI=1S/C6H14N2O2/c1-3-8-4-5(2)10-6(7)9/h5,8H,3-4H2,1-2H3,(H2,7,9)/t5-/m0/s1. The van der Waals surface area contributed by atoms with Crippen LogP contribution in [0.3, 0.4) is 0 Å². The Bertz CT molecular complexity index is 106. The minimum atomic E-state index is -0.717. The van der Waals surface area contributed by atoms with E-state index in [0.717, 1.165) is 6.54 Å². The van der Waals surface area contributed by atoms with Gasteiger partial charge in [-0.05, 0) is 13.5 Å². The van der Waals surface area contributed by atoms with Crippen LogP contribution in [0.15, 0.2) is 0 Å². The number of likely N-dealkylation sites (N-methyl/N-ethyl adjacent to an activating group) is 1. The van der Waals surface area contributed by atoms with Gasteiger partial charge in [0.1, 0.15) is 6.10 Å². The molecule has 0 saturated heterocycles. The van der Waals surface area contributed by atoms with Gasteiger partial charge in [0.25, 0.3) is 0 Å². The molecular weight excluding hydrogens is 132 g/mol. The molecule has 0 fully saturated rings. The van der Waals surface area contributed by atoms with E-state index in [1.165, 1.54) is 0 Å². The number of hydrogen-bond acceptors (Lipinski definition) is 3. The van der Waals surface area contributed by atoms with Crippen LogP contribution in [0.2, 0.25) is 0 Å². The topological polar surface area (TPSA) is 64.3 Å². The molecule has 0 unspecified atom stereocenters. The summed E-state index contributed by atoms with van der Waals surface area (Å²) in [6.07, 6.45) is -0.858. The minimum absolute atomic E-state index is 0.141. The third-order valence-corrected chi connectivity index (χ3v) is 0.999. The van der Waals surface area contributed by atoms with Crippen molar-refractivity contribution in [3.8, 4) is 0 Å². The minimum Gasteiger partial charge on any atom is -0.445 e. The SMILES string of the molecule is CCNC[C@H](C)OC(N)=O. The van der Waals surface area contributed by atoms with E-state index in [0.29, 0.717) is 6.54 Å². The van der Waals surface area contributed by atoms with Gasteiger partial charge in [0.05, 0.1) is 0 Å². The normalized spacial score (nSPS) is 12.6. The molecule has 0 aliphatic heterocycles. The number of carbonyl (C=O) groups excluding carboxylic acids is 1. The summed E-state index contributed by atoms with van der Waals surface area (Å²) in [7, 11) is 0. The highest BCUT2D eigenvalue weighted by Gasteiger charge is 2.02. The van der Waals surface area contributed by atoms with Crippen molar-refractivity contribution in [3.05, 3.63) is 0 Å². The molecule has 1 amide bonds. The number of nitrogens with two attached hydrogens (primary N) is 1. The molecule has 0 aromatic carbocycles. The predicted molar refractivity (Wildman–Crippen MR) is 38.7 cm³/mol. The molecule has 0 heterocycles. The van der Waals surface area contributed by atoms with E-state index in [1.54, 1.807) is 6.92 Å². The fourth-order valence-electron chi connectivity index (χ4n) is 0.588. The van der Waals surface area contributed by atoms with Crippen LogP contribution in [0, 0.1) is 0 Å². The smallest absolute Gasteiger partial charge is 0.404 e. The summed E-state index contributed by atoms with van der Waals surface area (Å²) in [6, 6.07) is 0. The summed E-state index contributed by atoms with van der Waals surface area (Å²) < 4.78 is 4.63. The average Bonchev–Trinajstić information content (AvgIpc) is 1.82. The van der Waals surface area contributed by atoms with Crippen LogP contribution in [-0.4, -0.2) is 25.3 Å². The Balaban J connectivity index is 3.25. The largest absolute Gasteiger partial charge is 0.445 e. The highest BCUT2D eigenvalue weighted by atomic mass is 16.6. The van der Waals surface area contributed by atoms with Gasteiger partial charge in [-0.25, -0.2) is 4.79 Å². The second-order valence-electron chi connectivity index (χ2n) is 2.06. The first-order valence-corrected chi connectivity index (χ1v) is 3.33. The van der Waals surface area contributed by atoms with Gasteiger partial charge in [-0.2, -0.15) is 0 Å². The van der Waals surface area contributed by atoms with Crippen LogP contribution in [0.25, 0.3) is 0 Å². The van der Waals surface area contributed by atoms with Crippen molar-refractivity contribution in [3.63, 3.8) is 0 Å². The molecule has 4 heteroatoms. The number of hydrogen-bond donors (Lipinski definition) is 2. The number of carbonyl (C=O) groups is 1. The quantitative estimate of drug-likeness (QED) is 0.590. The van der Waals surface area contributed by atoms with Crippen LogP contribution in [0.1, 0.15) is 13.8 Å². The van der Waals surface area contributed by atoms with Gasteiger partial charge in [0.2, 0.25) is 0 Å². The maximum Gasteiger partial charge on any atom is 0.404 e. The molecule has 0 saturated carbocycles. The van der Waals surface area contributed by atoms with Gasteiger partial charge < -0.3 is 15.8 Å². The Labute approximate surface area is 60.7 Å². The third-order valence-electron chi connectivity index (χ3n) is 0.999. The predicted octanol–water partition coefficient (Wildman–Crippen LogP) is 0.0797. The summed E-state index contributed by atoms with van der Waals surface area (Å²) in [5, 5.41) is 3.02. The molecular formula is C6H14N2O2. The first kappa shape index (κ1) is 9.23. The lowest BCUT2D eigenvalue weighted by Crippen LogP contribution is -2.30. The molecule has 3 N–H and O–H groups in total. The zero-order chi connectivity index (χ0) is 7.98. The van der Waals surface area contributed by atoms with E-state index in [-0.39, 0.29) is 6.10 Å². The number of ether oxygens (including phenoxy) is 1. The molecule has 0 rings (SSSR count). The van der Waals surface area contributed by atoms with Crippen molar-refractivity contribution >= 4 is 6.09 Å². The molecule has 0 radical (unpaired) electrons. The van der Waals surface area contributed by atoms with Crippen molar-refractivity contribution in [1.29, 1.82) is 0 Å². The Hall–Kier alpha value is -0.770. The molecule has 0 spiro atoms. The maximum atomic E-state index is 10.1. The molecule has 0 bridgehead atoms. The molecule has 4 nitrogen and oxygen atoms in total. The highest BCUT2D eigenvalue weighted by molar-refractivity contribution is 5.64. The van der Waals surface area contributed by atoms with Crippen LogP contribution < -0.4 is 11.1 Å². The first-order chi connectivity index (χ1) is 4.66. The molecule has 0 aliphatic rings. The molecule has 0 aromatic heterocycles. The number of primary amides is 1. The monoisotopic (exact) mass is 146 g/mol. The summed E-state index contributed by atoms with van der Waals surface area (Å²) in [6.45, 7) is 5.29. The number of amides is 1. The lowest BCUT2D eigenvalue weighted by Gasteiger charge is -2.10. The fourth-order valence-corrected chi connectivity index (χ4v) is 0.588. The zero-order valence-electron chi connectivity index (χ0n) is 6.39. The summed E-state index contributed by atoms with van der Waals surface area (Å²) in [5.74, 6) is 0. The molecule has 1 atom stereocenters. The van der Waals surface area contributed by atoms with Gasteiger partial charge in [-0.1, -0.05) is 6.92 Å². The van der Waals surface area contributed by atoms with Crippen molar-refractivity contribution in [2.45, 2.75) is 20.0 Å². The second-order valence-corrected chi connectivity index (χ2v) is 2.06. The second kappa shape index (κ2) is 5.05. The third kappa shape index (κ3) is 5.37. The number of rotatable bonds is 4.